The monoisotopic (exact) mass is 390 g/mol. The summed E-state index contributed by atoms with van der Waals surface area (Å²) in [6.07, 6.45) is -5.22. The molecule has 1 aromatic heterocycles. The summed E-state index contributed by atoms with van der Waals surface area (Å²) in [5.41, 5.74) is 5.77. The van der Waals surface area contributed by atoms with Crippen LogP contribution < -0.4 is 10.5 Å². The Morgan fingerprint density at radius 1 is 1.53 bits per heavy atom. The first kappa shape index (κ1) is 16.0. The van der Waals surface area contributed by atoms with Gasteiger partial charge in [-0.25, -0.2) is 4.98 Å². The fourth-order valence-electron chi connectivity index (χ4n) is 1.30. The Labute approximate surface area is 120 Å². The summed E-state index contributed by atoms with van der Waals surface area (Å²) >= 11 is 1.59. The molecule has 106 valence electrons. The number of esters is 1. The lowest BCUT2D eigenvalue weighted by molar-refractivity contribution is -0.275. The van der Waals surface area contributed by atoms with Crippen molar-refractivity contribution >= 4 is 28.6 Å². The molecular weight excluding hydrogens is 380 g/mol. The summed E-state index contributed by atoms with van der Waals surface area (Å²) in [5.74, 6) is -1.19. The molecule has 0 aromatic carbocycles. The molecule has 0 saturated carbocycles. The average molecular weight is 390 g/mol. The number of ether oxygens (including phenoxy) is 2. The summed E-state index contributed by atoms with van der Waals surface area (Å²) < 4.78 is 45.2. The number of alkyl halides is 3. The van der Waals surface area contributed by atoms with Crippen LogP contribution in [0.4, 0.5) is 13.2 Å². The molecule has 0 aliphatic heterocycles. The standard InChI is InChI=1S/C10H10F3IN2O3/c1-18-7(17)3-5-2-6(4-15)16-9(14)8(5)19-10(11,12)13/h2H,3-4,15H2,1H3. The van der Waals surface area contributed by atoms with Crippen molar-refractivity contribution < 1.29 is 27.4 Å². The van der Waals surface area contributed by atoms with E-state index in [2.05, 4.69) is 14.5 Å². The summed E-state index contributed by atoms with van der Waals surface area (Å²) in [6.45, 7) is 0.0382. The second kappa shape index (κ2) is 6.37. The Kier molecular flexibility index (Phi) is 5.35. The van der Waals surface area contributed by atoms with E-state index in [9.17, 15) is 18.0 Å². The van der Waals surface area contributed by atoms with Gasteiger partial charge in [-0.15, -0.1) is 13.2 Å². The van der Waals surface area contributed by atoms with Gasteiger partial charge in [-0.05, 0) is 28.7 Å². The van der Waals surface area contributed by atoms with Gasteiger partial charge in [-0.1, -0.05) is 0 Å². The smallest absolute Gasteiger partial charge is 0.469 e. The first-order valence-electron chi connectivity index (χ1n) is 4.97. The van der Waals surface area contributed by atoms with Crippen LogP contribution in [0.5, 0.6) is 5.75 Å². The zero-order valence-corrected chi connectivity index (χ0v) is 11.9. The third-order valence-electron chi connectivity index (χ3n) is 2.05. The molecule has 1 rings (SSSR count). The van der Waals surface area contributed by atoms with Crippen LogP contribution in [-0.4, -0.2) is 24.4 Å². The lowest BCUT2D eigenvalue weighted by Gasteiger charge is -2.15. The lowest BCUT2D eigenvalue weighted by Crippen LogP contribution is -2.21. The molecule has 0 amide bonds. The van der Waals surface area contributed by atoms with E-state index in [1.165, 1.54) is 6.07 Å². The van der Waals surface area contributed by atoms with Gasteiger partial charge in [-0.2, -0.15) is 0 Å². The van der Waals surface area contributed by atoms with Crippen molar-refractivity contribution in [2.75, 3.05) is 7.11 Å². The number of hydrogen-bond donors (Lipinski definition) is 1. The van der Waals surface area contributed by atoms with Crippen LogP contribution in [-0.2, 0) is 22.5 Å². The molecular formula is C10H10F3IN2O3. The lowest BCUT2D eigenvalue weighted by atomic mass is 10.1. The molecule has 9 heteroatoms. The van der Waals surface area contributed by atoms with Crippen LogP contribution in [0.25, 0.3) is 0 Å². The molecule has 0 radical (unpaired) electrons. The third-order valence-corrected chi connectivity index (χ3v) is 2.78. The van der Waals surface area contributed by atoms with E-state index in [0.717, 1.165) is 7.11 Å². The van der Waals surface area contributed by atoms with Crippen molar-refractivity contribution in [3.8, 4) is 5.75 Å². The van der Waals surface area contributed by atoms with E-state index >= 15 is 0 Å². The minimum Gasteiger partial charge on any atom is -0.469 e. The number of carbonyl (C=O) groups excluding carboxylic acids is 1. The van der Waals surface area contributed by atoms with Crippen LogP contribution >= 0.6 is 22.6 Å². The Morgan fingerprint density at radius 3 is 2.63 bits per heavy atom. The largest absolute Gasteiger partial charge is 0.573 e. The molecule has 1 heterocycles. The highest BCUT2D eigenvalue weighted by molar-refractivity contribution is 14.1. The number of methoxy groups -OCH3 is 1. The number of nitrogens with two attached hydrogens (primary N) is 1. The van der Waals surface area contributed by atoms with Crippen LogP contribution in [0.3, 0.4) is 0 Å². The average Bonchev–Trinajstić information content (AvgIpc) is 2.31. The minimum atomic E-state index is -4.86. The van der Waals surface area contributed by atoms with Crippen LogP contribution in [0.2, 0.25) is 0 Å². The fraction of sp³-hybridized carbons (Fsp3) is 0.400. The molecule has 19 heavy (non-hydrogen) atoms. The van der Waals surface area contributed by atoms with Crippen molar-refractivity contribution in [2.24, 2.45) is 5.73 Å². The van der Waals surface area contributed by atoms with Gasteiger partial charge in [-0.3, -0.25) is 4.79 Å². The molecule has 0 aliphatic carbocycles. The normalized spacial score (nSPS) is 11.3. The van der Waals surface area contributed by atoms with Gasteiger partial charge < -0.3 is 15.2 Å². The molecule has 0 spiro atoms. The van der Waals surface area contributed by atoms with Crippen LogP contribution in [0.15, 0.2) is 6.07 Å². The maximum absolute atomic E-state index is 12.3. The third kappa shape index (κ3) is 4.82. The van der Waals surface area contributed by atoms with Crippen molar-refractivity contribution in [3.05, 3.63) is 21.0 Å². The van der Waals surface area contributed by atoms with Crippen LogP contribution in [0, 0.1) is 3.70 Å². The minimum absolute atomic E-state index is 0.0169. The molecule has 0 aliphatic rings. The Bertz CT molecular complexity index is 480. The molecule has 2 N–H and O–H groups in total. The van der Waals surface area contributed by atoms with Gasteiger partial charge in [0.25, 0.3) is 0 Å². The number of aromatic nitrogens is 1. The van der Waals surface area contributed by atoms with Crippen molar-refractivity contribution in [1.29, 1.82) is 0 Å². The predicted octanol–water partition coefficient (Wildman–Crippen LogP) is 1.76. The fourth-order valence-corrected chi connectivity index (χ4v) is 2.06. The maximum Gasteiger partial charge on any atom is 0.573 e. The molecule has 0 atom stereocenters. The van der Waals surface area contributed by atoms with Gasteiger partial charge >= 0.3 is 12.3 Å². The molecule has 0 saturated heterocycles. The van der Waals surface area contributed by atoms with E-state index < -0.39 is 18.1 Å². The van der Waals surface area contributed by atoms with Gasteiger partial charge in [0.2, 0.25) is 0 Å². The SMILES string of the molecule is COC(=O)Cc1cc(CN)nc(I)c1OC(F)(F)F. The van der Waals surface area contributed by atoms with E-state index in [1.54, 1.807) is 22.6 Å². The number of nitrogens with zero attached hydrogens (tertiary/aromatic N) is 1. The quantitative estimate of drug-likeness (QED) is 0.482. The topological polar surface area (TPSA) is 74.4 Å². The molecule has 0 unspecified atom stereocenters. The van der Waals surface area contributed by atoms with Crippen molar-refractivity contribution in [2.45, 2.75) is 19.3 Å². The zero-order chi connectivity index (χ0) is 14.6. The van der Waals surface area contributed by atoms with E-state index in [1.807, 2.05) is 0 Å². The maximum atomic E-state index is 12.3. The highest BCUT2D eigenvalue weighted by Crippen LogP contribution is 2.31. The second-order valence-corrected chi connectivity index (χ2v) is 4.42. The van der Waals surface area contributed by atoms with E-state index in [4.69, 9.17) is 5.73 Å². The first-order chi connectivity index (χ1) is 8.76. The summed E-state index contributed by atoms with van der Waals surface area (Å²) in [7, 11) is 1.14. The Morgan fingerprint density at radius 2 is 2.16 bits per heavy atom. The highest BCUT2D eigenvalue weighted by Gasteiger charge is 2.34. The Balaban J connectivity index is 3.21. The number of hydrogen-bond acceptors (Lipinski definition) is 5. The number of halogens is 4. The molecule has 0 bridgehead atoms. The van der Waals surface area contributed by atoms with Gasteiger partial charge in [0, 0.05) is 12.1 Å². The molecule has 1 aromatic rings. The number of rotatable bonds is 4. The van der Waals surface area contributed by atoms with E-state index in [-0.39, 0.29) is 22.2 Å². The highest BCUT2D eigenvalue weighted by atomic mass is 127. The molecule has 5 nitrogen and oxygen atoms in total. The van der Waals surface area contributed by atoms with Crippen LogP contribution in [0.1, 0.15) is 11.3 Å². The van der Waals surface area contributed by atoms with Gasteiger partial charge in [0.05, 0.1) is 19.2 Å². The van der Waals surface area contributed by atoms with E-state index in [0.29, 0.717) is 5.69 Å². The summed E-state index contributed by atoms with van der Waals surface area (Å²) in [5, 5.41) is 0. The molecule has 0 fully saturated rings. The number of carbonyl (C=O) groups is 1. The van der Waals surface area contributed by atoms with Crippen molar-refractivity contribution in [1.82, 2.24) is 4.98 Å². The van der Waals surface area contributed by atoms with Crippen molar-refractivity contribution in [3.63, 3.8) is 0 Å². The zero-order valence-electron chi connectivity index (χ0n) is 9.75. The second-order valence-electron chi connectivity index (χ2n) is 3.40. The Hall–Kier alpha value is -1.10. The van der Waals surface area contributed by atoms with Gasteiger partial charge in [0.15, 0.2) is 5.75 Å². The predicted molar refractivity (Wildman–Crippen MR) is 67.2 cm³/mol. The summed E-state index contributed by atoms with van der Waals surface area (Å²) in [6, 6.07) is 1.29. The summed E-state index contributed by atoms with van der Waals surface area (Å²) in [4.78, 5) is 15.1. The first-order valence-corrected chi connectivity index (χ1v) is 6.05. The van der Waals surface area contributed by atoms with Gasteiger partial charge in [0.1, 0.15) is 3.70 Å². The number of pyridine rings is 1.